The van der Waals surface area contributed by atoms with Gasteiger partial charge in [-0.15, -0.1) is 0 Å². The zero-order chi connectivity index (χ0) is 19.1. The second-order valence-electron chi connectivity index (χ2n) is 8.32. The maximum atomic E-state index is 6.01. The molecule has 0 spiro atoms. The average molecular weight is 380 g/mol. The van der Waals surface area contributed by atoms with Crippen LogP contribution in [0.3, 0.4) is 0 Å². The van der Waals surface area contributed by atoms with E-state index in [2.05, 4.69) is 25.2 Å². The van der Waals surface area contributed by atoms with Crippen LogP contribution in [0.2, 0.25) is 0 Å². The smallest absolute Gasteiger partial charge is 0.222 e. The van der Waals surface area contributed by atoms with Gasteiger partial charge < -0.3 is 20.7 Å². The molecule has 3 aliphatic rings. The third kappa shape index (κ3) is 3.17. The summed E-state index contributed by atoms with van der Waals surface area (Å²) >= 11 is 0. The summed E-state index contributed by atoms with van der Waals surface area (Å²) < 4.78 is 5.86. The van der Waals surface area contributed by atoms with Gasteiger partial charge in [0.05, 0.1) is 17.8 Å². The van der Waals surface area contributed by atoms with Crippen molar-refractivity contribution in [2.75, 3.05) is 36.1 Å². The standard InChI is InChI=1S/C21H28N6O/c1-28-18-10-14-12-27(20-15-5-4-6-16(15)25-21(22)26-20)11-13(14)9-17(18)24-19-7-2-3-8-23-19/h2-3,7-8,13-14,17-18H,4-6,9-12H2,1H3,(H,23,24)(H2,22,25,26)/t13-,14+,17-,18-/m1/s1. The number of pyridine rings is 1. The lowest BCUT2D eigenvalue weighted by Crippen LogP contribution is -2.44. The summed E-state index contributed by atoms with van der Waals surface area (Å²) in [5.41, 5.74) is 8.48. The molecule has 0 unspecified atom stereocenters. The van der Waals surface area contributed by atoms with Crippen molar-refractivity contribution in [3.63, 3.8) is 0 Å². The van der Waals surface area contributed by atoms with Crippen LogP contribution in [0.25, 0.3) is 0 Å². The topological polar surface area (TPSA) is 89.2 Å². The first-order chi connectivity index (χ1) is 13.7. The van der Waals surface area contributed by atoms with E-state index >= 15 is 0 Å². The first-order valence-corrected chi connectivity index (χ1v) is 10.3. The van der Waals surface area contributed by atoms with Gasteiger partial charge in [-0.05, 0) is 56.1 Å². The van der Waals surface area contributed by atoms with Crippen molar-refractivity contribution in [3.05, 3.63) is 35.7 Å². The molecule has 3 heterocycles. The molecule has 2 fully saturated rings. The highest BCUT2D eigenvalue weighted by Gasteiger charge is 2.43. The number of methoxy groups -OCH3 is 1. The van der Waals surface area contributed by atoms with Crippen molar-refractivity contribution in [2.24, 2.45) is 11.8 Å². The summed E-state index contributed by atoms with van der Waals surface area (Å²) in [7, 11) is 1.82. The Morgan fingerprint density at radius 3 is 2.79 bits per heavy atom. The highest BCUT2D eigenvalue weighted by molar-refractivity contribution is 5.54. The minimum absolute atomic E-state index is 0.199. The van der Waals surface area contributed by atoms with E-state index < -0.39 is 0 Å². The number of aryl methyl sites for hydroxylation is 1. The van der Waals surface area contributed by atoms with Crippen LogP contribution in [0.15, 0.2) is 24.4 Å². The van der Waals surface area contributed by atoms with Crippen LogP contribution >= 0.6 is 0 Å². The molecular formula is C21H28N6O. The van der Waals surface area contributed by atoms with Gasteiger partial charge in [0, 0.05) is 32.0 Å². The second kappa shape index (κ2) is 7.20. The number of nitrogens with zero attached hydrogens (tertiary/aromatic N) is 4. The number of hydrogen-bond acceptors (Lipinski definition) is 7. The molecule has 28 heavy (non-hydrogen) atoms. The van der Waals surface area contributed by atoms with Gasteiger partial charge in [-0.25, -0.2) is 9.97 Å². The van der Waals surface area contributed by atoms with E-state index in [4.69, 9.17) is 10.5 Å². The maximum Gasteiger partial charge on any atom is 0.222 e. The molecule has 5 rings (SSSR count). The number of aromatic nitrogens is 3. The Morgan fingerprint density at radius 1 is 1.14 bits per heavy atom. The van der Waals surface area contributed by atoms with E-state index in [9.17, 15) is 0 Å². The number of anilines is 3. The van der Waals surface area contributed by atoms with Crippen molar-refractivity contribution in [3.8, 4) is 0 Å². The summed E-state index contributed by atoms with van der Waals surface area (Å²) in [5.74, 6) is 3.66. The minimum atomic E-state index is 0.199. The van der Waals surface area contributed by atoms with E-state index in [-0.39, 0.29) is 12.1 Å². The van der Waals surface area contributed by atoms with E-state index in [1.165, 1.54) is 5.56 Å². The van der Waals surface area contributed by atoms with Crippen LogP contribution in [-0.4, -0.2) is 47.3 Å². The fraction of sp³-hybridized carbons (Fsp3) is 0.571. The lowest BCUT2D eigenvalue weighted by molar-refractivity contribution is 0.0305. The third-order valence-corrected chi connectivity index (χ3v) is 6.65. The summed E-state index contributed by atoms with van der Waals surface area (Å²) in [5, 5.41) is 3.60. The number of fused-ring (bicyclic) bond motifs is 2. The number of nitrogens with one attached hydrogen (secondary N) is 1. The second-order valence-corrected chi connectivity index (χ2v) is 8.32. The molecule has 0 amide bonds. The van der Waals surface area contributed by atoms with Crippen LogP contribution in [0, 0.1) is 11.8 Å². The van der Waals surface area contributed by atoms with Gasteiger partial charge in [-0.3, -0.25) is 0 Å². The highest BCUT2D eigenvalue weighted by atomic mass is 16.5. The molecule has 2 aromatic rings. The molecule has 1 saturated heterocycles. The lowest BCUT2D eigenvalue weighted by Gasteiger charge is -2.37. The van der Waals surface area contributed by atoms with E-state index in [0.717, 1.165) is 62.5 Å². The number of ether oxygens (including phenoxy) is 1. The molecule has 0 radical (unpaired) electrons. The molecule has 1 aliphatic heterocycles. The quantitative estimate of drug-likeness (QED) is 0.841. The van der Waals surface area contributed by atoms with Gasteiger partial charge in [0.15, 0.2) is 0 Å². The predicted octanol–water partition coefficient (Wildman–Crippen LogP) is 2.28. The van der Waals surface area contributed by atoms with Crippen LogP contribution in [0.1, 0.15) is 30.5 Å². The number of nitrogen functional groups attached to an aromatic ring is 1. The Bertz CT molecular complexity index is 844. The maximum absolute atomic E-state index is 6.01. The molecule has 0 aromatic carbocycles. The number of nitrogens with two attached hydrogens (primary N) is 1. The predicted molar refractivity (Wildman–Crippen MR) is 109 cm³/mol. The zero-order valence-electron chi connectivity index (χ0n) is 16.3. The molecule has 0 bridgehead atoms. The van der Waals surface area contributed by atoms with Crippen LogP contribution < -0.4 is 16.0 Å². The molecule has 3 N–H and O–H groups in total. The molecule has 2 aliphatic carbocycles. The Balaban J connectivity index is 1.35. The van der Waals surface area contributed by atoms with Gasteiger partial charge in [0.2, 0.25) is 5.95 Å². The van der Waals surface area contributed by atoms with Crippen molar-refractivity contribution in [1.82, 2.24) is 15.0 Å². The van der Waals surface area contributed by atoms with E-state index in [0.29, 0.717) is 17.8 Å². The van der Waals surface area contributed by atoms with Crippen LogP contribution in [0.5, 0.6) is 0 Å². The summed E-state index contributed by atoms with van der Waals surface area (Å²) in [4.78, 5) is 16.0. The minimum Gasteiger partial charge on any atom is -0.379 e. The largest absolute Gasteiger partial charge is 0.379 e. The van der Waals surface area contributed by atoms with Gasteiger partial charge >= 0.3 is 0 Å². The molecular weight excluding hydrogens is 352 g/mol. The van der Waals surface area contributed by atoms with Crippen molar-refractivity contribution < 1.29 is 4.74 Å². The summed E-state index contributed by atoms with van der Waals surface area (Å²) in [6.07, 6.45) is 7.42. The Kier molecular flexibility index (Phi) is 4.55. The summed E-state index contributed by atoms with van der Waals surface area (Å²) in [6, 6.07) is 6.26. The zero-order valence-corrected chi connectivity index (χ0v) is 16.3. The molecule has 1 saturated carbocycles. The first-order valence-electron chi connectivity index (χ1n) is 10.3. The SMILES string of the molecule is CO[C@@H]1C[C@H]2CN(c3nc(N)nc4c3CCC4)C[C@H]2C[C@H]1Nc1ccccn1. The van der Waals surface area contributed by atoms with Crippen molar-refractivity contribution >= 4 is 17.6 Å². The monoisotopic (exact) mass is 380 g/mol. The fourth-order valence-electron chi connectivity index (χ4n) is 5.33. The number of hydrogen-bond donors (Lipinski definition) is 2. The molecule has 7 heteroatoms. The summed E-state index contributed by atoms with van der Waals surface area (Å²) in [6.45, 7) is 2.06. The van der Waals surface area contributed by atoms with Crippen molar-refractivity contribution in [1.29, 1.82) is 0 Å². The average Bonchev–Trinajstić information content (AvgIpc) is 3.33. The van der Waals surface area contributed by atoms with Gasteiger partial charge in [-0.2, -0.15) is 4.98 Å². The van der Waals surface area contributed by atoms with E-state index in [1.807, 2.05) is 31.5 Å². The van der Waals surface area contributed by atoms with Crippen LogP contribution in [0.4, 0.5) is 17.6 Å². The van der Waals surface area contributed by atoms with Crippen molar-refractivity contribution in [2.45, 2.75) is 44.2 Å². The van der Waals surface area contributed by atoms with E-state index in [1.54, 1.807) is 0 Å². The first kappa shape index (κ1) is 17.7. The Morgan fingerprint density at radius 2 is 2.00 bits per heavy atom. The van der Waals surface area contributed by atoms with Gasteiger partial charge in [0.1, 0.15) is 11.6 Å². The lowest BCUT2D eigenvalue weighted by atomic mass is 9.77. The van der Waals surface area contributed by atoms with Gasteiger partial charge in [0.25, 0.3) is 0 Å². The fourth-order valence-corrected chi connectivity index (χ4v) is 5.33. The van der Waals surface area contributed by atoms with Crippen LogP contribution in [-0.2, 0) is 17.6 Å². The third-order valence-electron chi connectivity index (χ3n) is 6.65. The normalized spacial score (nSPS) is 28.8. The molecule has 4 atom stereocenters. The molecule has 7 nitrogen and oxygen atoms in total. The molecule has 2 aromatic heterocycles. The molecule has 148 valence electrons. The Hall–Kier alpha value is -2.41. The van der Waals surface area contributed by atoms with Gasteiger partial charge in [-0.1, -0.05) is 6.07 Å². The highest BCUT2D eigenvalue weighted by Crippen LogP contribution is 2.41. The number of rotatable bonds is 4. The Labute approximate surface area is 165 Å².